The molecule has 0 aliphatic rings. The zero-order chi connectivity index (χ0) is 11.6. The van der Waals surface area contributed by atoms with Gasteiger partial charge in [-0.2, -0.15) is 0 Å². The van der Waals surface area contributed by atoms with Gasteiger partial charge < -0.3 is 0 Å². The van der Waals surface area contributed by atoms with Crippen LogP contribution in [0.15, 0.2) is 35.1 Å². The first kappa shape index (κ1) is 12.1. The molecule has 0 N–H and O–H groups in total. The molecule has 0 fully saturated rings. The highest BCUT2D eigenvalue weighted by atomic mass is 127. The second-order valence-corrected chi connectivity index (χ2v) is 5.69. The van der Waals surface area contributed by atoms with Crippen molar-refractivity contribution in [2.24, 2.45) is 0 Å². The maximum atomic E-state index is 11.4. The van der Waals surface area contributed by atoms with Gasteiger partial charge in [0.2, 0.25) is 9.84 Å². The minimum atomic E-state index is -3.77. The van der Waals surface area contributed by atoms with Gasteiger partial charge in [0.05, 0.1) is 4.92 Å². The summed E-state index contributed by atoms with van der Waals surface area (Å²) in [4.78, 5) is 9.59. The Kier molecular flexibility index (Phi) is 3.45. The third-order valence-electron chi connectivity index (χ3n) is 1.64. The van der Waals surface area contributed by atoms with Crippen LogP contribution in [0, 0.1) is 13.7 Å². The quantitative estimate of drug-likeness (QED) is 0.480. The van der Waals surface area contributed by atoms with Gasteiger partial charge in [0.15, 0.2) is 0 Å². The number of halogens is 1. The summed E-state index contributed by atoms with van der Waals surface area (Å²) in [5.74, 6) is 0. The summed E-state index contributed by atoms with van der Waals surface area (Å²) in [6.07, 6.45) is 0. The number of nitrogens with zero attached hydrogens (tertiary/aromatic N) is 1. The summed E-state index contributed by atoms with van der Waals surface area (Å²) < 4.78 is 23.4. The number of hydrogen-bond acceptors (Lipinski definition) is 4. The van der Waals surface area contributed by atoms with E-state index in [1.165, 1.54) is 18.2 Å². The van der Waals surface area contributed by atoms with Crippen molar-refractivity contribution >= 4 is 38.1 Å². The van der Waals surface area contributed by atoms with Crippen LogP contribution >= 0.6 is 22.6 Å². The van der Waals surface area contributed by atoms with Crippen LogP contribution in [0.25, 0.3) is 0 Å². The van der Waals surface area contributed by atoms with E-state index in [0.29, 0.717) is 8.98 Å². The minimum absolute atomic E-state index is 0.331. The fourth-order valence-corrected chi connectivity index (χ4v) is 2.30. The molecule has 0 saturated heterocycles. The maximum Gasteiger partial charge on any atom is 0.289 e. The Bertz CT molecular complexity index is 523. The Labute approximate surface area is 100 Å². The molecule has 1 aromatic rings. The number of hydrogen-bond donors (Lipinski definition) is 0. The van der Waals surface area contributed by atoms with Crippen molar-refractivity contribution in [1.82, 2.24) is 0 Å². The second-order valence-electron chi connectivity index (χ2n) is 2.58. The highest BCUT2D eigenvalue weighted by molar-refractivity contribution is 14.1. The Hall–Kier alpha value is -0.960. The van der Waals surface area contributed by atoms with Gasteiger partial charge in [-0.25, -0.2) is 8.42 Å². The molecule has 0 heterocycles. The van der Waals surface area contributed by atoms with E-state index in [1.54, 1.807) is 0 Å². The van der Waals surface area contributed by atoms with Crippen LogP contribution in [-0.4, -0.2) is 13.3 Å². The van der Waals surface area contributed by atoms with E-state index >= 15 is 0 Å². The third-order valence-corrected chi connectivity index (χ3v) is 3.71. The summed E-state index contributed by atoms with van der Waals surface area (Å²) >= 11 is 1.87. The Morgan fingerprint density at radius 2 is 2.07 bits per heavy atom. The fraction of sp³-hybridized carbons (Fsp3) is 0. The van der Waals surface area contributed by atoms with Crippen molar-refractivity contribution in [2.45, 2.75) is 4.90 Å². The number of rotatable bonds is 3. The Morgan fingerprint density at radius 1 is 1.47 bits per heavy atom. The van der Waals surface area contributed by atoms with E-state index in [9.17, 15) is 18.5 Å². The zero-order valence-corrected chi connectivity index (χ0v) is 10.4. The van der Waals surface area contributed by atoms with Crippen LogP contribution in [0.3, 0.4) is 0 Å². The molecular formula is C8H6INO4S. The lowest BCUT2D eigenvalue weighted by molar-refractivity contribution is -0.387. The van der Waals surface area contributed by atoms with Gasteiger partial charge in [-0.1, -0.05) is 6.58 Å². The van der Waals surface area contributed by atoms with Gasteiger partial charge >= 0.3 is 0 Å². The molecule has 0 aliphatic heterocycles. The van der Waals surface area contributed by atoms with Gasteiger partial charge in [-0.05, 0) is 34.7 Å². The molecule has 0 unspecified atom stereocenters. The van der Waals surface area contributed by atoms with Crippen molar-refractivity contribution in [3.8, 4) is 0 Å². The van der Waals surface area contributed by atoms with Crippen LogP contribution in [0.4, 0.5) is 5.69 Å². The van der Waals surface area contributed by atoms with E-state index < -0.39 is 20.4 Å². The van der Waals surface area contributed by atoms with Crippen LogP contribution in [0.5, 0.6) is 0 Å². The molecule has 0 atom stereocenters. The second kappa shape index (κ2) is 4.27. The number of sulfone groups is 1. The number of nitro groups is 1. The van der Waals surface area contributed by atoms with E-state index in [2.05, 4.69) is 6.58 Å². The molecule has 0 spiro atoms. The molecule has 5 nitrogen and oxygen atoms in total. The zero-order valence-electron chi connectivity index (χ0n) is 7.38. The summed E-state index contributed by atoms with van der Waals surface area (Å²) in [5, 5.41) is 11.3. The van der Waals surface area contributed by atoms with Gasteiger partial charge in [0.1, 0.15) is 4.90 Å². The van der Waals surface area contributed by atoms with E-state index in [4.69, 9.17) is 0 Å². The van der Waals surface area contributed by atoms with E-state index in [-0.39, 0.29) is 4.90 Å². The Balaban J connectivity index is 3.56. The Morgan fingerprint density at radius 3 is 2.53 bits per heavy atom. The monoisotopic (exact) mass is 339 g/mol. The lowest BCUT2D eigenvalue weighted by atomic mass is 10.3. The predicted molar refractivity (Wildman–Crippen MR) is 63.2 cm³/mol. The van der Waals surface area contributed by atoms with Gasteiger partial charge in [0, 0.05) is 15.0 Å². The molecular weight excluding hydrogens is 333 g/mol. The lowest BCUT2D eigenvalue weighted by Gasteiger charge is -2.00. The molecule has 0 aliphatic carbocycles. The standard InChI is InChI=1S/C8H6INO4S/c1-2-15(13,14)8-4-3-6(9)5-7(8)10(11)12/h2-5H,1H2. The minimum Gasteiger partial charge on any atom is -0.258 e. The number of nitro benzene ring substituents is 1. The van der Waals surface area contributed by atoms with E-state index in [1.807, 2.05) is 22.6 Å². The predicted octanol–water partition coefficient (Wildman–Crippen LogP) is 2.12. The van der Waals surface area contributed by atoms with Crippen molar-refractivity contribution < 1.29 is 13.3 Å². The van der Waals surface area contributed by atoms with Gasteiger partial charge in [-0.15, -0.1) is 0 Å². The average molecular weight is 339 g/mol. The lowest BCUT2D eigenvalue weighted by Crippen LogP contribution is -2.01. The summed E-state index contributed by atoms with van der Waals surface area (Å²) in [7, 11) is -3.77. The first-order chi connectivity index (χ1) is 6.88. The molecule has 15 heavy (non-hydrogen) atoms. The van der Waals surface area contributed by atoms with Crippen molar-refractivity contribution in [3.63, 3.8) is 0 Å². The topological polar surface area (TPSA) is 77.3 Å². The molecule has 1 aromatic carbocycles. The van der Waals surface area contributed by atoms with Crippen molar-refractivity contribution in [3.05, 3.63) is 43.9 Å². The maximum absolute atomic E-state index is 11.4. The van der Waals surface area contributed by atoms with Crippen LogP contribution < -0.4 is 0 Å². The molecule has 0 radical (unpaired) electrons. The molecule has 80 valence electrons. The van der Waals surface area contributed by atoms with Crippen molar-refractivity contribution in [1.29, 1.82) is 0 Å². The first-order valence-corrected chi connectivity index (χ1v) is 6.32. The normalized spacial score (nSPS) is 11.0. The fourth-order valence-electron chi connectivity index (χ4n) is 0.964. The largest absolute Gasteiger partial charge is 0.289 e. The summed E-state index contributed by atoms with van der Waals surface area (Å²) in [6, 6.07) is 3.90. The smallest absolute Gasteiger partial charge is 0.258 e. The van der Waals surface area contributed by atoms with Gasteiger partial charge in [-0.3, -0.25) is 10.1 Å². The average Bonchev–Trinajstić information content (AvgIpc) is 2.17. The van der Waals surface area contributed by atoms with E-state index in [0.717, 1.165) is 0 Å². The van der Waals surface area contributed by atoms with Crippen LogP contribution in [0.2, 0.25) is 0 Å². The highest BCUT2D eigenvalue weighted by Gasteiger charge is 2.23. The van der Waals surface area contributed by atoms with Crippen LogP contribution in [-0.2, 0) is 9.84 Å². The van der Waals surface area contributed by atoms with Crippen molar-refractivity contribution in [2.75, 3.05) is 0 Å². The van der Waals surface area contributed by atoms with Crippen LogP contribution in [0.1, 0.15) is 0 Å². The third kappa shape index (κ3) is 2.53. The first-order valence-electron chi connectivity index (χ1n) is 3.70. The summed E-state index contributed by atoms with van der Waals surface area (Å²) in [5.41, 5.74) is -0.429. The number of benzene rings is 1. The highest BCUT2D eigenvalue weighted by Crippen LogP contribution is 2.26. The molecule has 0 bridgehead atoms. The molecule has 0 aromatic heterocycles. The SMILES string of the molecule is C=CS(=O)(=O)c1ccc(I)cc1[N+](=O)[O-]. The molecule has 0 saturated carbocycles. The van der Waals surface area contributed by atoms with Gasteiger partial charge in [0.25, 0.3) is 5.69 Å². The molecule has 0 amide bonds. The molecule has 7 heteroatoms. The molecule has 1 rings (SSSR count). The summed E-state index contributed by atoms with van der Waals surface area (Å²) in [6.45, 7) is 3.12.